The maximum Gasteiger partial charge on any atom is 0.269 e. The van der Waals surface area contributed by atoms with Gasteiger partial charge in [-0.25, -0.2) is 4.39 Å². The SMILES string of the molecule is CC.CC.O=[N+]([O-])c1ccc(F)cc1. The molecule has 0 unspecified atom stereocenters. The first-order chi connectivity index (χ1) is 6.70. The Labute approximate surface area is 83.7 Å². The van der Waals surface area contributed by atoms with Crippen LogP contribution in [-0.4, -0.2) is 4.92 Å². The topological polar surface area (TPSA) is 43.1 Å². The van der Waals surface area contributed by atoms with Gasteiger partial charge in [-0.2, -0.15) is 0 Å². The first-order valence-corrected chi connectivity index (χ1v) is 4.60. The van der Waals surface area contributed by atoms with Crippen LogP contribution in [-0.2, 0) is 0 Å². The van der Waals surface area contributed by atoms with Gasteiger partial charge in [-0.05, 0) is 12.1 Å². The summed E-state index contributed by atoms with van der Waals surface area (Å²) in [6.45, 7) is 8.00. The van der Waals surface area contributed by atoms with E-state index in [0.29, 0.717) is 0 Å². The first kappa shape index (κ1) is 15.0. The molecular weight excluding hydrogens is 185 g/mol. The van der Waals surface area contributed by atoms with E-state index in [9.17, 15) is 14.5 Å². The van der Waals surface area contributed by atoms with Crippen molar-refractivity contribution >= 4 is 5.69 Å². The molecule has 0 aliphatic carbocycles. The smallest absolute Gasteiger partial charge is 0.258 e. The highest BCUT2D eigenvalue weighted by molar-refractivity contribution is 5.28. The Balaban J connectivity index is 0. The van der Waals surface area contributed by atoms with Gasteiger partial charge in [0.05, 0.1) is 4.92 Å². The minimum Gasteiger partial charge on any atom is -0.258 e. The molecule has 0 bridgehead atoms. The van der Waals surface area contributed by atoms with Crippen molar-refractivity contribution in [3.63, 3.8) is 0 Å². The van der Waals surface area contributed by atoms with Crippen LogP contribution in [0.3, 0.4) is 0 Å². The van der Waals surface area contributed by atoms with E-state index in [0.717, 1.165) is 24.3 Å². The Morgan fingerprint density at radius 2 is 1.43 bits per heavy atom. The van der Waals surface area contributed by atoms with E-state index in [1.165, 1.54) is 0 Å². The second kappa shape index (κ2) is 9.64. The molecule has 80 valence electrons. The zero-order chi connectivity index (χ0) is 11.6. The summed E-state index contributed by atoms with van der Waals surface area (Å²) in [5.74, 6) is -0.467. The van der Waals surface area contributed by atoms with Crippen molar-refractivity contribution in [1.82, 2.24) is 0 Å². The van der Waals surface area contributed by atoms with Crippen LogP contribution in [0.5, 0.6) is 0 Å². The third-order valence-electron chi connectivity index (χ3n) is 1.04. The second-order valence-corrected chi connectivity index (χ2v) is 1.73. The van der Waals surface area contributed by atoms with Crippen molar-refractivity contribution in [2.45, 2.75) is 27.7 Å². The lowest BCUT2D eigenvalue weighted by molar-refractivity contribution is -0.384. The predicted molar refractivity (Wildman–Crippen MR) is 55.8 cm³/mol. The highest BCUT2D eigenvalue weighted by Crippen LogP contribution is 2.09. The molecule has 0 heterocycles. The lowest BCUT2D eigenvalue weighted by Gasteiger charge is -1.87. The predicted octanol–water partition coefficient (Wildman–Crippen LogP) is 3.79. The lowest BCUT2D eigenvalue weighted by Crippen LogP contribution is -1.86. The summed E-state index contributed by atoms with van der Waals surface area (Å²) >= 11 is 0. The van der Waals surface area contributed by atoms with Crippen molar-refractivity contribution < 1.29 is 9.31 Å². The van der Waals surface area contributed by atoms with Gasteiger partial charge in [0.1, 0.15) is 5.82 Å². The number of hydrogen-bond donors (Lipinski definition) is 0. The van der Waals surface area contributed by atoms with Gasteiger partial charge in [-0.1, -0.05) is 27.7 Å². The average molecular weight is 201 g/mol. The fraction of sp³-hybridized carbons (Fsp3) is 0.400. The summed E-state index contributed by atoms with van der Waals surface area (Å²) in [4.78, 5) is 9.43. The maximum atomic E-state index is 12.1. The number of halogens is 1. The number of nitrogens with zero attached hydrogens (tertiary/aromatic N) is 1. The quantitative estimate of drug-likeness (QED) is 0.512. The molecule has 0 spiro atoms. The normalized spacial score (nSPS) is 7.50. The molecule has 0 saturated heterocycles. The van der Waals surface area contributed by atoms with Gasteiger partial charge < -0.3 is 0 Å². The molecule has 0 aliphatic heterocycles. The third kappa shape index (κ3) is 6.11. The monoisotopic (exact) mass is 201 g/mol. The summed E-state index contributed by atoms with van der Waals surface area (Å²) in [5.41, 5.74) is -0.0959. The standard InChI is InChI=1S/C6H4FNO2.2C2H6/c7-5-1-3-6(4-2-5)8(9)10;2*1-2/h1-4H;2*1-2H3. The number of nitro benzene ring substituents is 1. The number of rotatable bonds is 1. The molecule has 0 atom stereocenters. The molecule has 0 radical (unpaired) electrons. The number of non-ortho nitro benzene ring substituents is 1. The summed E-state index contributed by atoms with van der Waals surface area (Å²) < 4.78 is 12.1. The molecule has 0 aromatic heterocycles. The number of benzene rings is 1. The van der Waals surface area contributed by atoms with Crippen molar-refractivity contribution in [3.8, 4) is 0 Å². The van der Waals surface area contributed by atoms with Crippen LogP contribution >= 0.6 is 0 Å². The minimum absolute atomic E-state index is 0.0959. The van der Waals surface area contributed by atoms with Crippen molar-refractivity contribution in [2.75, 3.05) is 0 Å². The Hall–Kier alpha value is -1.45. The molecular formula is C10H16FNO2. The van der Waals surface area contributed by atoms with Gasteiger partial charge in [-0.3, -0.25) is 10.1 Å². The van der Waals surface area contributed by atoms with E-state index in [1.54, 1.807) is 0 Å². The number of nitro groups is 1. The van der Waals surface area contributed by atoms with Crippen molar-refractivity contribution in [1.29, 1.82) is 0 Å². The molecule has 3 nitrogen and oxygen atoms in total. The van der Waals surface area contributed by atoms with E-state index in [4.69, 9.17) is 0 Å². The van der Waals surface area contributed by atoms with Crippen LogP contribution in [0.4, 0.5) is 10.1 Å². The second-order valence-electron chi connectivity index (χ2n) is 1.73. The van der Waals surface area contributed by atoms with Gasteiger partial charge in [0, 0.05) is 12.1 Å². The maximum absolute atomic E-state index is 12.1. The lowest BCUT2D eigenvalue weighted by atomic mass is 10.3. The highest BCUT2D eigenvalue weighted by atomic mass is 19.1. The number of hydrogen-bond acceptors (Lipinski definition) is 2. The summed E-state index contributed by atoms with van der Waals surface area (Å²) in [5, 5.41) is 10.00. The van der Waals surface area contributed by atoms with Crippen LogP contribution in [0, 0.1) is 15.9 Å². The minimum atomic E-state index is -0.570. The molecule has 1 aromatic carbocycles. The Kier molecular flexibility index (Phi) is 10.4. The van der Waals surface area contributed by atoms with E-state index >= 15 is 0 Å². The van der Waals surface area contributed by atoms with Crippen LogP contribution in [0.15, 0.2) is 24.3 Å². The Bertz CT molecular complexity index is 247. The Morgan fingerprint density at radius 3 is 1.71 bits per heavy atom. The molecule has 0 N–H and O–H groups in total. The molecule has 0 amide bonds. The molecule has 4 heteroatoms. The zero-order valence-corrected chi connectivity index (χ0v) is 8.95. The zero-order valence-electron chi connectivity index (χ0n) is 8.95. The van der Waals surface area contributed by atoms with E-state index in [2.05, 4.69) is 0 Å². The van der Waals surface area contributed by atoms with Crippen LogP contribution in [0.2, 0.25) is 0 Å². The Morgan fingerprint density at radius 1 is 1.07 bits per heavy atom. The molecule has 1 rings (SSSR count). The molecule has 14 heavy (non-hydrogen) atoms. The van der Waals surface area contributed by atoms with Crippen molar-refractivity contribution in [3.05, 3.63) is 40.2 Å². The molecule has 1 aromatic rings. The average Bonchev–Trinajstić information content (AvgIpc) is 2.24. The fourth-order valence-electron chi connectivity index (χ4n) is 0.563. The van der Waals surface area contributed by atoms with Gasteiger partial charge in [0.25, 0.3) is 5.69 Å². The van der Waals surface area contributed by atoms with E-state index < -0.39 is 10.7 Å². The van der Waals surface area contributed by atoms with Gasteiger partial charge in [-0.15, -0.1) is 0 Å². The first-order valence-electron chi connectivity index (χ1n) is 4.60. The highest BCUT2D eigenvalue weighted by Gasteiger charge is 2.01. The molecule has 0 aliphatic rings. The summed E-state index contributed by atoms with van der Waals surface area (Å²) in [7, 11) is 0. The van der Waals surface area contributed by atoms with Crippen molar-refractivity contribution in [2.24, 2.45) is 0 Å². The molecule has 0 saturated carbocycles. The van der Waals surface area contributed by atoms with Gasteiger partial charge >= 0.3 is 0 Å². The molecule has 0 fully saturated rings. The van der Waals surface area contributed by atoms with E-state index in [1.807, 2.05) is 27.7 Å². The summed E-state index contributed by atoms with van der Waals surface area (Å²) in [6.07, 6.45) is 0. The van der Waals surface area contributed by atoms with Gasteiger partial charge in [0.2, 0.25) is 0 Å². The van der Waals surface area contributed by atoms with Gasteiger partial charge in [0.15, 0.2) is 0 Å². The van der Waals surface area contributed by atoms with Crippen LogP contribution in [0.1, 0.15) is 27.7 Å². The van der Waals surface area contributed by atoms with E-state index in [-0.39, 0.29) is 5.69 Å². The largest absolute Gasteiger partial charge is 0.269 e. The fourth-order valence-corrected chi connectivity index (χ4v) is 0.563. The summed E-state index contributed by atoms with van der Waals surface area (Å²) in [6, 6.07) is 4.35. The van der Waals surface area contributed by atoms with Crippen LogP contribution < -0.4 is 0 Å². The van der Waals surface area contributed by atoms with Crippen LogP contribution in [0.25, 0.3) is 0 Å². The third-order valence-corrected chi connectivity index (χ3v) is 1.04.